The van der Waals surface area contributed by atoms with Crippen LogP contribution in [0, 0.1) is 11.6 Å². The first-order valence-corrected chi connectivity index (χ1v) is 9.75. The molecule has 0 bridgehead atoms. The number of rotatable bonds is 4. The lowest BCUT2D eigenvalue weighted by Crippen LogP contribution is -2.40. The zero-order valence-electron chi connectivity index (χ0n) is 18.0. The molecule has 0 aliphatic rings. The molecule has 3 rings (SSSR count). The maximum atomic E-state index is 14.0. The second-order valence-corrected chi connectivity index (χ2v) is 7.97. The predicted octanol–water partition coefficient (Wildman–Crippen LogP) is 3.52. The molecule has 1 heterocycles. The maximum Gasteiger partial charge on any atom is 0.417 e. The highest BCUT2D eigenvalue weighted by Crippen LogP contribution is 2.24. The standard InChI is InChI=1S/C22H22F2N4O4/c1-5-27(21(31)32-22(2,3)4)20-26-16-8-6-7-15(18(25)29)17(16)19(30)28(20)14-10-12(23)9-13(24)11-14/h6-11H,5H2,1-4H3,(H2,25,29). The number of amides is 2. The molecular formula is C22H22F2N4O4. The van der Waals surface area contributed by atoms with Crippen molar-refractivity contribution in [3.63, 3.8) is 0 Å². The Labute approximate surface area is 182 Å². The molecule has 0 fully saturated rings. The lowest BCUT2D eigenvalue weighted by atomic mass is 10.1. The Hall–Kier alpha value is -3.82. The fraction of sp³-hybridized carbons (Fsp3) is 0.273. The van der Waals surface area contributed by atoms with E-state index in [1.165, 1.54) is 18.2 Å². The van der Waals surface area contributed by atoms with Gasteiger partial charge in [0.2, 0.25) is 11.9 Å². The van der Waals surface area contributed by atoms with E-state index in [-0.39, 0.29) is 34.6 Å². The molecule has 8 nitrogen and oxygen atoms in total. The molecule has 32 heavy (non-hydrogen) atoms. The molecule has 0 radical (unpaired) electrons. The summed E-state index contributed by atoms with van der Waals surface area (Å²) in [7, 11) is 0. The van der Waals surface area contributed by atoms with Crippen LogP contribution >= 0.6 is 0 Å². The van der Waals surface area contributed by atoms with Gasteiger partial charge in [0, 0.05) is 12.6 Å². The van der Waals surface area contributed by atoms with Crippen LogP contribution in [0.1, 0.15) is 38.1 Å². The van der Waals surface area contributed by atoms with Gasteiger partial charge < -0.3 is 10.5 Å². The number of carbonyl (C=O) groups is 2. The molecule has 2 N–H and O–H groups in total. The van der Waals surface area contributed by atoms with Crippen LogP contribution in [-0.2, 0) is 4.74 Å². The molecule has 0 saturated carbocycles. The normalized spacial score (nSPS) is 11.4. The second-order valence-electron chi connectivity index (χ2n) is 7.97. The Morgan fingerprint density at radius 3 is 2.31 bits per heavy atom. The maximum absolute atomic E-state index is 14.0. The minimum Gasteiger partial charge on any atom is -0.443 e. The number of primary amides is 1. The van der Waals surface area contributed by atoms with Crippen LogP contribution in [-0.4, -0.2) is 33.7 Å². The first kappa shape index (κ1) is 22.9. The number of carbonyl (C=O) groups excluding carboxylic acids is 2. The molecule has 0 spiro atoms. The Kier molecular flexibility index (Phi) is 5.98. The van der Waals surface area contributed by atoms with Crippen molar-refractivity contribution in [3.05, 3.63) is 63.9 Å². The third-order valence-electron chi connectivity index (χ3n) is 4.42. The van der Waals surface area contributed by atoms with E-state index in [0.717, 1.165) is 21.6 Å². The second kappa shape index (κ2) is 8.37. The summed E-state index contributed by atoms with van der Waals surface area (Å²) < 4.78 is 34.3. The summed E-state index contributed by atoms with van der Waals surface area (Å²) in [4.78, 5) is 43.7. The lowest BCUT2D eigenvalue weighted by molar-refractivity contribution is 0.0579. The molecule has 2 aromatic carbocycles. The fourth-order valence-corrected chi connectivity index (χ4v) is 3.18. The molecule has 0 aliphatic heterocycles. The minimum absolute atomic E-state index is 0.0279. The van der Waals surface area contributed by atoms with Crippen molar-refractivity contribution in [1.82, 2.24) is 9.55 Å². The van der Waals surface area contributed by atoms with E-state index in [1.54, 1.807) is 27.7 Å². The number of fused-ring (bicyclic) bond motifs is 1. The van der Waals surface area contributed by atoms with Crippen LogP contribution in [0.25, 0.3) is 16.6 Å². The van der Waals surface area contributed by atoms with Crippen LogP contribution in [0.2, 0.25) is 0 Å². The highest BCUT2D eigenvalue weighted by molar-refractivity contribution is 6.05. The monoisotopic (exact) mass is 444 g/mol. The van der Waals surface area contributed by atoms with Crippen molar-refractivity contribution in [2.24, 2.45) is 5.73 Å². The Morgan fingerprint density at radius 2 is 1.78 bits per heavy atom. The molecule has 1 aromatic heterocycles. The SMILES string of the molecule is CCN(C(=O)OC(C)(C)C)c1nc2cccc(C(N)=O)c2c(=O)n1-c1cc(F)cc(F)c1. The van der Waals surface area contributed by atoms with Crippen molar-refractivity contribution < 1.29 is 23.1 Å². The number of hydrogen-bond donors (Lipinski definition) is 1. The van der Waals surface area contributed by atoms with Crippen molar-refractivity contribution in [2.45, 2.75) is 33.3 Å². The van der Waals surface area contributed by atoms with Gasteiger partial charge in [0.15, 0.2) is 0 Å². The molecule has 0 saturated heterocycles. The summed E-state index contributed by atoms with van der Waals surface area (Å²) in [5.41, 5.74) is 3.47. The summed E-state index contributed by atoms with van der Waals surface area (Å²) in [6, 6.07) is 6.76. The van der Waals surface area contributed by atoms with Crippen LogP contribution in [0.5, 0.6) is 0 Å². The van der Waals surface area contributed by atoms with Gasteiger partial charge in [-0.05, 0) is 52.0 Å². The summed E-state index contributed by atoms with van der Waals surface area (Å²) in [5, 5.41) is -0.145. The van der Waals surface area contributed by atoms with Gasteiger partial charge in [-0.25, -0.2) is 28.0 Å². The number of aromatic nitrogens is 2. The summed E-state index contributed by atoms with van der Waals surface area (Å²) in [6.45, 7) is 6.65. The van der Waals surface area contributed by atoms with Crippen molar-refractivity contribution >= 4 is 28.9 Å². The van der Waals surface area contributed by atoms with Crippen molar-refractivity contribution in [3.8, 4) is 5.69 Å². The van der Waals surface area contributed by atoms with E-state index >= 15 is 0 Å². The average Bonchev–Trinajstić information content (AvgIpc) is 2.65. The van der Waals surface area contributed by atoms with E-state index in [2.05, 4.69) is 4.98 Å². The fourth-order valence-electron chi connectivity index (χ4n) is 3.18. The lowest BCUT2D eigenvalue weighted by Gasteiger charge is -2.27. The first-order valence-electron chi connectivity index (χ1n) is 9.75. The van der Waals surface area contributed by atoms with Crippen LogP contribution in [0.15, 0.2) is 41.2 Å². The number of halogens is 2. The molecule has 168 valence electrons. The van der Waals surface area contributed by atoms with Gasteiger partial charge in [-0.2, -0.15) is 0 Å². The molecule has 2 amide bonds. The van der Waals surface area contributed by atoms with Gasteiger partial charge in [0.05, 0.1) is 22.2 Å². The first-order chi connectivity index (χ1) is 14.9. The average molecular weight is 444 g/mol. The number of hydrogen-bond acceptors (Lipinski definition) is 5. The third kappa shape index (κ3) is 4.43. The van der Waals surface area contributed by atoms with E-state index in [1.807, 2.05) is 0 Å². The molecule has 0 atom stereocenters. The van der Waals surface area contributed by atoms with Crippen LogP contribution in [0.3, 0.4) is 0 Å². The Bertz CT molecular complexity index is 1260. The van der Waals surface area contributed by atoms with E-state index < -0.39 is 34.8 Å². The topological polar surface area (TPSA) is 108 Å². The molecule has 0 unspecified atom stereocenters. The number of ether oxygens (including phenoxy) is 1. The number of benzene rings is 2. The van der Waals surface area contributed by atoms with Gasteiger partial charge in [-0.1, -0.05) is 6.07 Å². The van der Waals surface area contributed by atoms with Crippen molar-refractivity contribution in [1.29, 1.82) is 0 Å². The molecule has 10 heteroatoms. The summed E-state index contributed by atoms with van der Waals surface area (Å²) in [6.07, 6.45) is -0.817. The van der Waals surface area contributed by atoms with E-state index in [0.29, 0.717) is 6.07 Å². The Balaban J connectivity index is 2.42. The highest BCUT2D eigenvalue weighted by atomic mass is 19.1. The molecule has 3 aromatic rings. The van der Waals surface area contributed by atoms with Crippen molar-refractivity contribution in [2.75, 3.05) is 11.4 Å². The van der Waals surface area contributed by atoms with Gasteiger partial charge in [0.1, 0.15) is 17.2 Å². The van der Waals surface area contributed by atoms with E-state index in [4.69, 9.17) is 10.5 Å². The van der Waals surface area contributed by atoms with Gasteiger partial charge in [-0.3, -0.25) is 9.59 Å². The predicted molar refractivity (Wildman–Crippen MR) is 115 cm³/mol. The zero-order valence-corrected chi connectivity index (χ0v) is 18.0. The highest BCUT2D eigenvalue weighted by Gasteiger charge is 2.28. The Morgan fingerprint density at radius 1 is 1.16 bits per heavy atom. The smallest absolute Gasteiger partial charge is 0.417 e. The van der Waals surface area contributed by atoms with Gasteiger partial charge in [0.25, 0.3) is 5.56 Å². The van der Waals surface area contributed by atoms with Crippen LogP contribution in [0.4, 0.5) is 19.5 Å². The van der Waals surface area contributed by atoms with Crippen LogP contribution < -0.4 is 16.2 Å². The molecular weight excluding hydrogens is 422 g/mol. The number of nitrogens with zero attached hydrogens (tertiary/aromatic N) is 3. The molecule has 0 aliphatic carbocycles. The van der Waals surface area contributed by atoms with Gasteiger partial charge in [-0.15, -0.1) is 0 Å². The van der Waals surface area contributed by atoms with Gasteiger partial charge >= 0.3 is 6.09 Å². The number of nitrogens with two attached hydrogens (primary N) is 1. The zero-order chi connectivity index (χ0) is 23.8. The third-order valence-corrected chi connectivity index (χ3v) is 4.42. The largest absolute Gasteiger partial charge is 0.443 e. The summed E-state index contributed by atoms with van der Waals surface area (Å²) in [5.74, 6) is -2.99. The summed E-state index contributed by atoms with van der Waals surface area (Å²) >= 11 is 0. The van der Waals surface area contributed by atoms with E-state index in [9.17, 15) is 23.2 Å². The number of anilines is 1. The minimum atomic E-state index is -0.943. The quantitative estimate of drug-likeness (QED) is 0.663.